The van der Waals surface area contributed by atoms with Crippen molar-refractivity contribution in [3.8, 4) is 0 Å². The molecule has 1 aliphatic carbocycles. The summed E-state index contributed by atoms with van der Waals surface area (Å²) in [6, 6.07) is 4.74. The number of carboxylic acid groups (broad SMARTS) is 1. The first-order valence-corrected chi connectivity index (χ1v) is 11.4. The Morgan fingerprint density at radius 3 is 2.15 bits per heavy atom. The Bertz CT molecular complexity index is 289. The second-order valence-electron chi connectivity index (χ2n) is 7.23. The standard InChI is InChI=1S/C17H32O2Si/c1-2-3-4-11-20-12-9-15(10-13-20)14-5-7-16(8-6-14)17(18)19/h14-16,20H,2-13H2,1H3,(H,18,19)/t14-,15?,16-,20?. The lowest BCUT2D eigenvalue weighted by atomic mass is 9.74. The molecule has 116 valence electrons. The third-order valence-electron chi connectivity index (χ3n) is 5.90. The first kappa shape index (κ1) is 16.1. The average molecular weight is 297 g/mol. The van der Waals surface area contributed by atoms with Crippen LogP contribution in [0.5, 0.6) is 0 Å². The summed E-state index contributed by atoms with van der Waals surface area (Å²) in [5.74, 6) is 1.21. The summed E-state index contributed by atoms with van der Waals surface area (Å²) in [7, 11) is -0.373. The maximum Gasteiger partial charge on any atom is 0.306 e. The molecule has 3 heteroatoms. The van der Waals surface area contributed by atoms with Crippen LogP contribution in [0, 0.1) is 17.8 Å². The SMILES string of the molecule is CCCCC[SiH]1CCC([C@H]2CC[C@H](C(=O)O)CC2)CC1. The highest BCUT2D eigenvalue weighted by atomic mass is 28.3. The van der Waals surface area contributed by atoms with Crippen molar-refractivity contribution in [2.45, 2.75) is 82.8 Å². The number of carbonyl (C=O) groups is 1. The molecule has 2 rings (SSSR count). The fourth-order valence-electron chi connectivity index (χ4n) is 4.47. The van der Waals surface area contributed by atoms with Crippen LogP contribution in [-0.4, -0.2) is 19.9 Å². The largest absolute Gasteiger partial charge is 0.481 e. The minimum Gasteiger partial charge on any atom is -0.481 e. The Hall–Kier alpha value is -0.313. The lowest BCUT2D eigenvalue weighted by Crippen LogP contribution is -2.30. The fraction of sp³-hybridized carbons (Fsp3) is 0.941. The summed E-state index contributed by atoms with van der Waals surface area (Å²) in [6.07, 6.45) is 11.5. The number of aliphatic carboxylic acids is 1. The van der Waals surface area contributed by atoms with Crippen molar-refractivity contribution < 1.29 is 9.90 Å². The van der Waals surface area contributed by atoms with Crippen molar-refractivity contribution in [3.05, 3.63) is 0 Å². The van der Waals surface area contributed by atoms with Crippen molar-refractivity contribution in [1.29, 1.82) is 0 Å². The van der Waals surface area contributed by atoms with E-state index in [0.717, 1.165) is 24.7 Å². The molecule has 0 aromatic carbocycles. The van der Waals surface area contributed by atoms with Crippen LogP contribution >= 0.6 is 0 Å². The van der Waals surface area contributed by atoms with Gasteiger partial charge >= 0.3 is 5.97 Å². The van der Waals surface area contributed by atoms with Gasteiger partial charge in [-0.25, -0.2) is 0 Å². The minimum absolute atomic E-state index is 0.0361. The monoisotopic (exact) mass is 296 g/mol. The zero-order valence-corrected chi connectivity index (χ0v) is 14.3. The Morgan fingerprint density at radius 1 is 1.00 bits per heavy atom. The molecule has 0 amide bonds. The van der Waals surface area contributed by atoms with E-state index in [-0.39, 0.29) is 14.7 Å². The zero-order valence-electron chi connectivity index (χ0n) is 13.2. The number of carboxylic acids is 1. The molecule has 1 saturated carbocycles. The zero-order chi connectivity index (χ0) is 14.4. The Labute approximate surface area is 126 Å². The first-order valence-electron chi connectivity index (χ1n) is 8.93. The van der Waals surface area contributed by atoms with Gasteiger partial charge in [0.05, 0.1) is 5.92 Å². The lowest BCUT2D eigenvalue weighted by molar-refractivity contribution is -0.143. The highest BCUT2D eigenvalue weighted by molar-refractivity contribution is 6.58. The first-order chi connectivity index (χ1) is 9.70. The summed E-state index contributed by atoms with van der Waals surface area (Å²) < 4.78 is 0. The minimum atomic E-state index is -0.560. The van der Waals surface area contributed by atoms with Gasteiger partial charge in [-0.1, -0.05) is 57.2 Å². The summed E-state index contributed by atoms with van der Waals surface area (Å²) in [5.41, 5.74) is 0. The molecule has 1 saturated heterocycles. The van der Waals surface area contributed by atoms with Crippen LogP contribution in [0.2, 0.25) is 18.1 Å². The van der Waals surface area contributed by atoms with Gasteiger partial charge in [0, 0.05) is 8.80 Å². The molecule has 1 heterocycles. The fourth-order valence-corrected chi connectivity index (χ4v) is 8.00. The summed E-state index contributed by atoms with van der Waals surface area (Å²) in [4.78, 5) is 11.0. The van der Waals surface area contributed by atoms with Crippen LogP contribution in [-0.2, 0) is 4.79 Å². The second-order valence-corrected chi connectivity index (χ2v) is 10.7. The molecule has 1 N–H and O–H groups in total. The highest BCUT2D eigenvalue weighted by Gasteiger charge is 2.32. The van der Waals surface area contributed by atoms with Gasteiger partial charge in [0.25, 0.3) is 0 Å². The summed E-state index contributed by atoms with van der Waals surface area (Å²) in [6.45, 7) is 2.30. The maximum absolute atomic E-state index is 11.0. The van der Waals surface area contributed by atoms with E-state index in [9.17, 15) is 4.79 Å². The molecule has 2 nitrogen and oxygen atoms in total. The van der Waals surface area contributed by atoms with Crippen molar-refractivity contribution >= 4 is 14.8 Å². The summed E-state index contributed by atoms with van der Waals surface area (Å²) >= 11 is 0. The molecule has 0 atom stereocenters. The molecule has 0 aromatic heterocycles. The van der Waals surface area contributed by atoms with Crippen molar-refractivity contribution in [1.82, 2.24) is 0 Å². The van der Waals surface area contributed by atoms with E-state index in [2.05, 4.69) is 6.92 Å². The summed E-state index contributed by atoms with van der Waals surface area (Å²) in [5, 5.41) is 9.08. The van der Waals surface area contributed by atoms with Crippen LogP contribution in [0.15, 0.2) is 0 Å². The van der Waals surface area contributed by atoms with Gasteiger partial charge in [0.15, 0.2) is 0 Å². The van der Waals surface area contributed by atoms with Gasteiger partial charge < -0.3 is 5.11 Å². The van der Waals surface area contributed by atoms with E-state index < -0.39 is 5.97 Å². The molecule has 0 unspecified atom stereocenters. The van der Waals surface area contributed by atoms with Crippen molar-refractivity contribution in [3.63, 3.8) is 0 Å². The normalized spacial score (nSPS) is 34.9. The van der Waals surface area contributed by atoms with Gasteiger partial charge in [-0.15, -0.1) is 0 Å². The molecule has 20 heavy (non-hydrogen) atoms. The highest BCUT2D eigenvalue weighted by Crippen LogP contribution is 2.41. The molecular formula is C17H32O2Si. The molecule has 0 aromatic rings. The van der Waals surface area contributed by atoms with Gasteiger partial charge in [-0.05, 0) is 37.5 Å². The number of hydrogen-bond donors (Lipinski definition) is 1. The molecule has 0 radical (unpaired) electrons. The average Bonchev–Trinajstić information content (AvgIpc) is 2.48. The van der Waals surface area contributed by atoms with Crippen LogP contribution in [0.1, 0.15) is 64.7 Å². The predicted molar refractivity (Wildman–Crippen MR) is 86.9 cm³/mol. The topological polar surface area (TPSA) is 37.3 Å². The van der Waals surface area contributed by atoms with Crippen LogP contribution in [0.3, 0.4) is 0 Å². The molecule has 0 spiro atoms. The predicted octanol–water partition coefficient (Wildman–Crippen LogP) is 4.70. The quantitative estimate of drug-likeness (QED) is 0.569. The smallest absolute Gasteiger partial charge is 0.306 e. The van der Waals surface area contributed by atoms with E-state index in [4.69, 9.17) is 5.11 Å². The Balaban J connectivity index is 1.65. The van der Waals surface area contributed by atoms with E-state index in [1.807, 2.05) is 0 Å². The molecule has 2 aliphatic rings. The number of hydrogen-bond acceptors (Lipinski definition) is 1. The molecule has 2 fully saturated rings. The van der Waals surface area contributed by atoms with Crippen LogP contribution in [0.25, 0.3) is 0 Å². The van der Waals surface area contributed by atoms with Crippen molar-refractivity contribution in [2.75, 3.05) is 0 Å². The molecular weight excluding hydrogens is 264 g/mol. The van der Waals surface area contributed by atoms with Crippen LogP contribution < -0.4 is 0 Å². The Kier molecular flexibility index (Phi) is 6.59. The number of unbranched alkanes of at least 4 members (excludes halogenated alkanes) is 2. The van der Waals surface area contributed by atoms with E-state index >= 15 is 0 Å². The second kappa shape index (κ2) is 8.21. The molecule has 1 aliphatic heterocycles. The number of rotatable bonds is 6. The van der Waals surface area contributed by atoms with Crippen LogP contribution in [0.4, 0.5) is 0 Å². The van der Waals surface area contributed by atoms with E-state index in [0.29, 0.717) is 0 Å². The van der Waals surface area contributed by atoms with Gasteiger partial charge in [-0.2, -0.15) is 0 Å². The van der Waals surface area contributed by atoms with Gasteiger partial charge in [0.2, 0.25) is 0 Å². The third-order valence-corrected chi connectivity index (χ3v) is 9.42. The molecule has 0 bridgehead atoms. The lowest BCUT2D eigenvalue weighted by Gasteiger charge is -2.36. The van der Waals surface area contributed by atoms with E-state index in [1.165, 1.54) is 44.9 Å². The van der Waals surface area contributed by atoms with Crippen molar-refractivity contribution in [2.24, 2.45) is 17.8 Å². The third kappa shape index (κ3) is 4.61. The van der Waals surface area contributed by atoms with Gasteiger partial charge in [0.1, 0.15) is 0 Å². The van der Waals surface area contributed by atoms with E-state index in [1.54, 1.807) is 18.1 Å². The Morgan fingerprint density at radius 2 is 1.60 bits per heavy atom. The van der Waals surface area contributed by atoms with Gasteiger partial charge in [-0.3, -0.25) is 4.79 Å². The maximum atomic E-state index is 11.0.